The van der Waals surface area contributed by atoms with Crippen molar-refractivity contribution in [1.82, 2.24) is 10.6 Å². The first-order valence-corrected chi connectivity index (χ1v) is 10.2. The maximum atomic E-state index is 10.3. The minimum Gasteiger partial charge on any atom is -0.508 e. The van der Waals surface area contributed by atoms with E-state index >= 15 is 0 Å². The molecule has 0 heterocycles. The summed E-state index contributed by atoms with van der Waals surface area (Å²) in [7, 11) is 1.75. The Kier molecular flexibility index (Phi) is 13.3. The lowest BCUT2D eigenvalue weighted by molar-refractivity contribution is 0.0487. The van der Waals surface area contributed by atoms with Crippen molar-refractivity contribution >= 4 is 29.9 Å². The van der Waals surface area contributed by atoms with Crippen molar-refractivity contribution in [1.29, 1.82) is 0 Å². The van der Waals surface area contributed by atoms with Crippen molar-refractivity contribution in [3.8, 4) is 5.75 Å². The fourth-order valence-electron chi connectivity index (χ4n) is 3.29. The van der Waals surface area contributed by atoms with Crippen LogP contribution >= 0.6 is 24.0 Å². The lowest BCUT2D eigenvalue weighted by atomic mass is 9.88. The van der Waals surface area contributed by atoms with Crippen molar-refractivity contribution in [2.45, 2.75) is 52.0 Å². The van der Waals surface area contributed by atoms with Gasteiger partial charge in [0.2, 0.25) is 0 Å². The molecule has 0 atom stereocenters. The number of rotatable bonds is 11. The van der Waals surface area contributed by atoms with E-state index < -0.39 is 0 Å². The Morgan fingerprint density at radius 1 is 1.07 bits per heavy atom. The Morgan fingerprint density at radius 2 is 1.82 bits per heavy atom. The van der Waals surface area contributed by atoms with Gasteiger partial charge in [-0.05, 0) is 49.3 Å². The van der Waals surface area contributed by atoms with Gasteiger partial charge < -0.3 is 25.2 Å². The van der Waals surface area contributed by atoms with Crippen molar-refractivity contribution < 1.29 is 14.6 Å². The van der Waals surface area contributed by atoms with Gasteiger partial charge in [0, 0.05) is 32.3 Å². The number of phenols is 1. The number of nitrogens with zero attached hydrogens (tertiary/aromatic N) is 1. The second-order valence-electron chi connectivity index (χ2n) is 6.84. The number of aliphatic imine (C=N–C) groups is 1. The quantitative estimate of drug-likeness (QED) is 0.186. The third-order valence-corrected chi connectivity index (χ3v) is 4.84. The van der Waals surface area contributed by atoms with E-state index in [2.05, 4.69) is 28.6 Å². The van der Waals surface area contributed by atoms with Crippen LogP contribution in [0.1, 0.15) is 49.3 Å². The molecule has 0 bridgehead atoms. The first-order chi connectivity index (χ1) is 13.3. The molecule has 0 aliphatic heterocycles. The predicted octanol–water partition coefficient (Wildman–Crippen LogP) is 3.39. The molecule has 0 spiro atoms. The highest BCUT2D eigenvalue weighted by atomic mass is 127. The summed E-state index contributed by atoms with van der Waals surface area (Å²) in [6.45, 7) is 6.07. The minimum atomic E-state index is 0. The summed E-state index contributed by atoms with van der Waals surface area (Å²) in [5.41, 5.74) is 3.67. The number of nitrogens with one attached hydrogen (secondary N) is 2. The number of aromatic hydroxyl groups is 1. The van der Waals surface area contributed by atoms with E-state index in [1.54, 1.807) is 7.05 Å². The molecule has 3 N–H and O–H groups in total. The number of hydrogen-bond donors (Lipinski definition) is 3. The first kappa shape index (κ1) is 25.0. The maximum absolute atomic E-state index is 10.3. The second kappa shape index (κ2) is 14.9. The van der Waals surface area contributed by atoms with Crippen LogP contribution in [0.3, 0.4) is 0 Å². The molecule has 0 radical (unpaired) electrons. The molecule has 1 aromatic carbocycles. The fraction of sp³-hybridized carbons (Fsp3) is 0.667. The summed E-state index contributed by atoms with van der Waals surface area (Å²) in [5.74, 6) is 1.08. The highest BCUT2D eigenvalue weighted by molar-refractivity contribution is 14.0. The summed E-state index contributed by atoms with van der Waals surface area (Å²) in [6.07, 6.45) is 6.83. The second-order valence-corrected chi connectivity index (χ2v) is 6.84. The standard InChI is InChI=1S/C21H35N3O3.HI/c1-3-4-12-26-14-15-27-13-11-23-21(22-2)24-16-19-18-8-6-5-7-17(18)9-10-20(19)25;/h9-10,25H,3-8,11-16H2,1-2H3,(H2,22,23,24);1H. The zero-order chi connectivity index (χ0) is 19.3. The lowest BCUT2D eigenvalue weighted by Crippen LogP contribution is -2.38. The molecule has 1 aromatic rings. The summed E-state index contributed by atoms with van der Waals surface area (Å²) in [6, 6.07) is 3.87. The molecule has 6 nitrogen and oxygen atoms in total. The number of benzene rings is 1. The van der Waals surface area contributed by atoms with Crippen LogP contribution in [0.4, 0.5) is 0 Å². The largest absolute Gasteiger partial charge is 0.508 e. The van der Waals surface area contributed by atoms with Gasteiger partial charge in [0.1, 0.15) is 5.75 Å². The summed E-state index contributed by atoms with van der Waals surface area (Å²) >= 11 is 0. The lowest BCUT2D eigenvalue weighted by Gasteiger charge is -2.21. The molecule has 0 saturated carbocycles. The molecule has 160 valence electrons. The average molecular weight is 505 g/mol. The molecule has 0 saturated heterocycles. The van der Waals surface area contributed by atoms with Crippen LogP contribution in [0.25, 0.3) is 0 Å². The minimum absolute atomic E-state index is 0. The number of hydrogen-bond acceptors (Lipinski definition) is 4. The third kappa shape index (κ3) is 8.53. The normalized spacial score (nSPS) is 13.6. The Labute approximate surface area is 186 Å². The van der Waals surface area contributed by atoms with Gasteiger partial charge in [0.05, 0.1) is 19.8 Å². The third-order valence-electron chi connectivity index (χ3n) is 4.84. The summed E-state index contributed by atoms with van der Waals surface area (Å²) in [5, 5.41) is 16.8. The number of guanidine groups is 1. The van der Waals surface area contributed by atoms with Gasteiger partial charge in [0.15, 0.2) is 5.96 Å². The fourth-order valence-corrected chi connectivity index (χ4v) is 3.29. The average Bonchev–Trinajstić information content (AvgIpc) is 2.70. The van der Waals surface area contributed by atoms with E-state index in [4.69, 9.17) is 9.47 Å². The summed E-state index contributed by atoms with van der Waals surface area (Å²) in [4.78, 5) is 4.25. The van der Waals surface area contributed by atoms with Gasteiger partial charge in [0.25, 0.3) is 0 Å². The number of ether oxygens (including phenoxy) is 2. The number of phenolic OH excluding ortho intramolecular Hbond substituents is 1. The Balaban J connectivity index is 0.00000392. The van der Waals surface area contributed by atoms with Crippen molar-refractivity contribution in [3.63, 3.8) is 0 Å². The van der Waals surface area contributed by atoms with Crippen LogP contribution in [0.5, 0.6) is 5.75 Å². The van der Waals surface area contributed by atoms with E-state index in [0.717, 1.165) is 37.9 Å². The molecule has 0 fully saturated rings. The molecule has 0 amide bonds. The molecule has 7 heteroatoms. The zero-order valence-electron chi connectivity index (χ0n) is 17.3. The monoisotopic (exact) mass is 505 g/mol. The van der Waals surface area contributed by atoms with Crippen molar-refractivity contribution in [2.75, 3.05) is 40.0 Å². The van der Waals surface area contributed by atoms with Gasteiger partial charge in [-0.1, -0.05) is 19.4 Å². The number of halogens is 1. The van der Waals surface area contributed by atoms with Crippen LogP contribution in [0.15, 0.2) is 17.1 Å². The smallest absolute Gasteiger partial charge is 0.191 e. The molecule has 0 aromatic heterocycles. The van der Waals surface area contributed by atoms with Gasteiger partial charge >= 0.3 is 0 Å². The molecular formula is C21H36IN3O3. The molecular weight excluding hydrogens is 469 g/mol. The van der Waals surface area contributed by atoms with E-state index in [-0.39, 0.29) is 24.0 Å². The van der Waals surface area contributed by atoms with E-state index in [1.807, 2.05) is 6.07 Å². The van der Waals surface area contributed by atoms with Crippen molar-refractivity contribution in [3.05, 3.63) is 28.8 Å². The van der Waals surface area contributed by atoms with E-state index in [1.165, 1.54) is 24.0 Å². The highest BCUT2D eigenvalue weighted by Crippen LogP contribution is 2.30. The van der Waals surface area contributed by atoms with Crippen LogP contribution in [0.2, 0.25) is 0 Å². The Morgan fingerprint density at radius 3 is 2.57 bits per heavy atom. The Bertz CT molecular complexity index is 597. The van der Waals surface area contributed by atoms with Gasteiger partial charge in [-0.3, -0.25) is 4.99 Å². The SMILES string of the molecule is CCCCOCCOCCNC(=NC)NCc1c(O)ccc2c1CCCC2.I. The topological polar surface area (TPSA) is 75.1 Å². The Hall–Kier alpha value is -1.06. The van der Waals surface area contributed by atoms with E-state index in [0.29, 0.717) is 44.6 Å². The highest BCUT2D eigenvalue weighted by Gasteiger charge is 2.16. The molecule has 1 aliphatic carbocycles. The zero-order valence-corrected chi connectivity index (χ0v) is 19.6. The van der Waals surface area contributed by atoms with Crippen molar-refractivity contribution in [2.24, 2.45) is 4.99 Å². The molecule has 2 rings (SSSR count). The number of fused-ring (bicyclic) bond motifs is 1. The van der Waals surface area contributed by atoms with Gasteiger partial charge in [-0.15, -0.1) is 24.0 Å². The van der Waals surface area contributed by atoms with Crippen LogP contribution < -0.4 is 10.6 Å². The van der Waals surface area contributed by atoms with Crippen LogP contribution in [-0.2, 0) is 28.9 Å². The van der Waals surface area contributed by atoms with Gasteiger partial charge in [-0.25, -0.2) is 0 Å². The van der Waals surface area contributed by atoms with E-state index in [9.17, 15) is 5.11 Å². The van der Waals surface area contributed by atoms with Crippen LogP contribution in [0, 0.1) is 0 Å². The molecule has 28 heavy (non-hydrogen) atoms. The number of aryl methyl sites for hydroxylation is 1. The molecule has 0 unspecified atom stereocenters. The maximum Gasteiger partial charge on any atom is 0.191 e. The molecule has 1 aliphatic rings. The van der Waals surface area contributed by atoms with Gasteiger partial charge in [-0.2, -0.15) is 0 Å². The first-order valence-electron chi connectivity index (χ1n) is 10.2. The number of unbranched alkanes of at least 4 members (excludes halogenated alkanes) is 1. The van der Waals surface area contributed by atoms with Crippen LogP contribution in [-0.4, -0.2) is 51.1 Å². The summed E-state index contributed by atoms with van der Waals surface area (Å²) < 4.78 is 11.0. The predicted molar refractivity (Wildman–Crippen MR) is 125 cm³/mol.